The van der Waals surface area contributed by atoms with E-state index in [-0.39, 0.29) is 18.2 Å². The quantitative estimate of drug-likeness (QED) is 0.844. The van der Waals surface area contributed by atoms with Crippen molar-refractivity contribution >= 4 is 27.7 Å². The van der Waals surface area contributed by atoms with Crippen LogP contribution in [0.15, 0.2) is 39.6 Å². The standard InChI is InChI=1S/C15H12BrNO4/c1-17-12(18)7-8-2-3-9(6-11(8)15(17)20)13(19)10-4-5-21-14(10)16/h2-6,13,19H,7H2,1H3. The molecule has 21 heavy (non-hydrogen) atoms. The summed E-state index contributed by atoms with van der Waals surface area (Å²) in [5.41, 5.74) is 2.30. The Morgan fingerprint density at radius 1 is 1.33 bits per heavy atom. The van der Waals surface area contributed by atoms with Crippen LogP contribution in [-0.2, 0) is 11.2 Å². The van der Waals surface area contributed by atoms with Gasteiger partial charge in [-0.25, -0.2) is 0 Å². The molecule has 2 heterocycles. The minimum atomic E-state index is -0.904. The number of aliphatic hydroxyl groups excluding tert-OH is 1. The molecule has 1 aliphatic rings. The number of furan rings is 1. The van der Waals surface area contributed by atoms with E-state index in [4.69, 9.17) is 4.42 Å². The van der Waals surface area contributed by atoms with Crippen LogP contribution in [0.5, 0.6) is 0 Å². The summed E-state index contributed by atoms with van der Waals surface area (Å²) < 4.78 is 5.56. The molecule has 1 unspecified atom stereocenters. The van der Waals surface area contributed by atoms with Crippen LogP contribution in [0.2, 0.25) is 0 Å². The summed E-state index contributed by atoms with van der Waals surface area (Å²) in [6.45, 7) is 0. The highest BCUT2D eigenvalue weighted by Gasteiger charge is 2.29. The number of halogens is 1. The van der Waals surface area contributed by atoms with Crippen molar-refractivity contribution in [1.82, 2.24) is 4.90 Å². The van der Waals surface area contributed by atoms with Crippen LogP contribution in [0.25, 0.3) is 0 Å². The van der Waals surface area contributed by atoms with Crippen LogP contribution in [0.3, 0.4) is 0 Å². The number of carbonyl (C=O) groups excluding carboxylic acids is 2. The summed E-state index contributed by atoms with van der Waals surface area (Å²) in [6, 6.07) is 6.72. The molecular weight excluding hydrogens is 338 g/mol. The van der Waals surface area contributed by atoms with Crippen molar-refractivity contribution in [3.63, 3.8) is 0 Å². The number of rotatable bonds is 2. The van der Waals surface area contributed by atoms with Crippen molar-refractivity contribution in [2.75, 3.05) is 7.05 Å². The number of carbonyl (C=O) groups is 2. The molecule has 1 aliphatic heterocycles. The minimum absolute atomic E-state index is 0.198. The summed E-state index contributed by atoms with van der Waals surface area (Å²) in [4.78, 5) is 24.9. The fraction of sp³-hybridized carbons (Fsp3) is 0.200. The molecule has 1 N–H and O–H groups in total. The molecule has 0 fully saturated rings. The molecule has 1 aromatic carbocycles. The average Bonchev–Trinajstić information content (AvgIpc) is 2.90. The van der Waals surface area contributed by atoms with Crippen LogP contribution in [0, 0.1) is 0 Å². The Kier molecular flexibility index (Phi) is 3.43. The predicted molar refractivity (Wildman–Crippen MR) is 77.7 cm³/mol. The largest absolute Gasteiger partial charge is 0.457 e. The molecule has 108 valence electrons. The van der Waals surface area contributed by atoms with Gasteiger partial charge in [0.2, 0.25) is 5.91 Å². The second-order valence-corrected chi connectivity index (χ2v) is 5.62. The zero-order chi connectivity index (χ0) is 15.1. The molecule has 6 heteroatoms. The lowest BCUT2D eigenvalue weighted by molar-refractivity contribution is -0.127. The fourth-order valence-corrected chi connectivity index (χ4v) is 2.83. The summed E-state index contributed by atoms with van der Waals surface area (Å²) >= 11 is 3.22. The molecule has 1 atom stereocenters. The monoisotopic (exact) mass is 349 g/mol. The number of imide groups is 1. The molecule has 2 amide bonds. The Labute approximate surface area is 129 Å². The second-order valence-electron chi connectivity index (χ2n) is 4.90. The van der Waals surface area contributed by atoms with Crippen molar-refractivity contribution in [2.24, 2.45) is 0 Å². The third kappa shape index (κ3) is 2.30. The Bertz CT molecular complexity index is 737. The topological polar surface area (TPSA) is 70.8 Å². The van der Waals surface area contributed by atoms with Gasteiger partial charge in [-0.05, 0) is 39.2 Å². The maximum Gasteiger partial charge on any atom is 0.260 e. The number of aliphatic hydroxyl groups is 1. The first-order valence-corrected chi connectivity index (χ1v) is 7.13. The zero-order valence-electron chi connectivity index (χ0n) is 11.2. The van der Waals surface area contributed by atoms with E-state index in [0.29, 0.717) is 26.9 Å². The zero-order valence-corrected chi connectivity index (χ0v) is 12.8. The van der Waals surface area contributed by atoms with E-state index in [1.54, 1.807) is 24.3 Å². The van der Waals surface area contributed by atoms with Crippen LogP contribution in [0.1, 0.15) is 33.2 Å². The Hall–Kier alpha value is -1.92. The van der Waals surface area contributed by atoms with Crippen LogP contribution >= 0.6 is 15.9 Å². The fourth-order valence-electron chi connectivity index (χ4n) is 2.37. The maximum absolute atomic E-state index is 12.2. The van der Waals surface area contributed by atoms with Gasteiger partial charge in [0.15, 0.2) is 4.67 Å². The predicted octanol–water partition coefficient (Wildman–Crippen LogP) is 2.28. The van der Waals surface area contributed by atoms with Crippen molar-refractivity contribution in [3.05, 3.63) is 57.5 Å². The number of benzene rings is 1. The SMILES string of the molecule is CN1C(=O)Cc2ccc(C(O)c3ccoc3Br)cc2C1=O. The lowest BCUT2D eigenvalue weighted by atomic mass is 9.93. The van der Waals surface area contributed by atoms with E-state index in [2.05, 4.69) is 15.9 Å². The van der Waals surface area contributed by atoms with Gasteiger partial charge in [-0.1, -0.05) is 12.1 Å². The van der Waals surface area contributed by atoms with E-state index in [1.807, 2.05) is 0 Å². The molecule has 0 aliphatic carbocycles. The normalized spacial score (nSPS) is 16.0. The maximum atomic E-state index is 12.2. The number of hydrogen-bond acceptors (Lipinski definition) is 4. The van der Waals surface area contributed by atoms with Crippen molar-refractivity contribution < 1.29 is 19.1 Å². The number of likely N-dealkylation sites (N-methyl/N-ethyl adjacent to an activating group) is 1. The second kappa shape index (κ2) is 5.13. The van der Waals surface area contributed by atoms with E-state index in [1.165, 1.54) is 13.3 Å². The van der Waals surface area contributed by atoms with Crippen LogP contribution < -0.4 is 0 Å². The molecule has 3 rings (SSSR count). The minimum Gasteiger partial charge on any atom is -0.457 e. The highest BCUT2D eigenvalue weighted by Crippen LogP contribution is 2.31. The Balaban J connectivity index is 2.02. The number of amides is 2. The first-order valence-electron chi connectivity index (χ1n) is 6.33. The number of hydrogen-bond donors (Lipinski definition) is 1. The first-order chi connectivity index (χ1) is 9.99. The lowest BCUT2D eigenvalue weighted by Crippen LogP contribution is -2.39. The summed E-state index contributed by atoms with van der Waals surface area (Å²) in [7, 11) is 1.46. The molecular formula is C15H12BrNO4. The van der Waals surface area contributed by atoms with Crippen molar-refractivity contribution in [1.29, 1.82) is 0 Å². The molecule has 0 spiro atoms. The molecule has 5 nitrogen and oxygen atoms in total. The van der Waals surface area contributed by atoms with Gasteiger partial charge in [-0.15, -0.1) is 0 Å². The van der Waals surface area contributed by atoms with E-state index in [0.717, 1.165) is 4.90 Å². The summed E-state index contributed by atoms with van der Waals surface area (Å²) in [6.07, 6.45) is 0.765. The van der Waals surface area contributed by atoms with Crippen LogP contribution in [-0.4, -0.2) is 28.9 Å². The summed E-state index contributed by atoms with van der Waals surface area (Å²) in [5.74, 6) is -0.570. The Morgan fingerprint density at radius 3 is 2.76 bits per heavy atom. The van der Waals surface area contributed by atoms with Gasteiger partial charge in [0.25, 0.3) is 5.91 Å². The number of nitrogens with zero attached hydrogens (tertiary/aromatic N) is 1. The lowest BCUT2D eigenvalue weighted by Gasteiger charge is -2.24. The van der Waals surface area contributed by atoms with Gasteiger partial charge in [-0.2, -0.15) is 0 Å². The first kappa shape index (κ1) is 14.0. The third-order valence-electron chi connectivity index (χ3n) is 3.64. The molecule has 0 radical (unpaired) electrons. The van der Waals surface area contributed by atoms with Crippen molar-refractivity contribution in [3.8, 4) is 0 Å². The number of fused-ring (bicyclic) bond motifs is 1. The van der Waals surface area contributed by atoms with Gasteiger partial charge < -0.3 is 9.52 Å². The van der Waals surface area contributed by atoms with E-state index < -0.39 is 6.10 Å². The third-order valence-corrected chi connectivity index (χ3v) is 4.29. The van der Waals surface area contributed by atoms with Gasteiger partial charge in [0.05, 0.1) is 12.7 Å². The van der Waals surface area contributed by atoms with Gasteiger partial charge in [0.1, 0.15) is 6.10 Å². The Morgan fingerprint density at radius 2 is 2.10 bits per heavy atom. The molecule has 0 bridgehead atoms. The highest BCUT2D eigenvalue weighted by atomic mass is 79.9. The van der Waals surface area contributed by atoms with Gasteiger partial charge in [0, 0.05) is 18.2 Å². The summed E-state index contributed by atoms with van der Waals surface area (Å²) in [5, 5.41) is 10.4. The highest BCUT2D eigenvalue weighted by molar-refractivity contribution is 9.10. The molecule has 1 aromatic heterocycles. The molecule has 0 saturated heterocycles. The van der Waals surface area contributed by atoms with Crippen LogP contribution in [0.4, 0.5) is 0 Å². The molecule has 2 aromatic rings. The van der Waals surface area contributed by atoms with Gasteiger partial charge in [-0.3, -0.25) is 14.5 Å². The van der Waals surface area contributed by atoms with Crippen molar-refractivity contribution in [2.45, 2.75) is 12.5 Å². The van der Waals surface area contributed by atoms with Gasteiger partial charge >= 0.3 is 0 Å². The smallest absolute Gasteiger partial charge is 0.260 e. The van der Waals surface area contributed by atoms with E-state index >= 15 is 0 Å². The average molecular weight is 350 g/mol. The molecule has 0 saturated carbocycles. The van der Waals surface area contributed by atoms with E-state index in [9.17, 15) is 14.7 Å².